The second-order valence-corrected chi connectivity index (χ2v) is 9.34. The van der Waals surface area contributed by atoms with Crippen molar-refractivity contribution < 1.29 is 19.4 Å². The van der Waals surface area contributed by atoms with E-state index in [1.807, 2.05) is 32.0 Å². The van der Waals surface area contributed by atoms with Crippen molar-refractivity contribution in [1.29, 1.82) is 0 Å². The lowest BCUT2D eigenvalue weighted by atomic mass is 10.0. The van der Waals surface area contributed by atoms with E-state index < -0.39 is 6.10 Å². The van der Waals surface area contributed by atoms with Gasteiger partial charge in [0.2, 0.25) is 0 Å². The third kappa shape index (κ3) is 5.13. The van der Waals surface area contributed by atoms with Crippen LogP contribution in [0.25, 0.3) is 16.6 Å². The third-order valence-corrected chi connectivity index (χ3v) is 6.78. The number of hydrogen-bond acceptors (Lipinski definition) is 5. The maximum absolute atomic E-state index is 12.9. The molecule has 2 aromatic carbocycles. The number of piperidine rings is 1. The van der Waals surface area contributed by atoms with E-state index in [1.54, 1.807) is 0 Å². The standard InChI is InChI=1S/C28H36N2O4/c1-5-33-28(32)27-21(4)30(22-11-9-19(2)10-12-22)26-14-13-24(16-25(26)27)34-18-23(31)17-29-15-7-6-8-20(29)3/h9-14,16,20,23,31H,5-8,15,17-18H2,1-4H3/t20-,23+/m0/s1. The fourth-order valence-corrected chi connectivity index (χ4v) is 4.92. The number of carbonyl (C=O) groups excluding carboxylic acids is 1. The summed E-state index contributed by atoms with van der Waals surface area (Å²) >= 11 is 0. The molecule has 2 heterocycles. The molecule has 0 radical (unpaired) electrons. The molecule has 6 heteroatoms. The number of β-amino-alcohol motifs (C(OH)–C–C–N with tert-alkyl or cyclic N) is 1. The van der Waals surface area contributed by atoms with Crippen molar-refractivity contribution in [3.63, 3.8) is 0 Å². The lowest BCUT2D eigenvalue weighted by molar-refractivity contribution is 0.0438. The number of aliphatic hydroxyl groups is 1. The number of carbonyl (C=O) groups is 1. The first-order chi connectivity index (χ1) is 16.4. The Bertz CT molecular complexity index is 1140. The van der Waals surface area contributed by atoms with Crippen molar-refractivity contribution in [2.24, 2.45) is 0 Å². The average Bonchev–Trinajstić information content (AvgIpc) is 3.11. The monoisotopic (exact) mass is 464 g/mol. The van der Waals surface area contributed by atoms with Gasteiger partial charge < -0.3 is 19.1 Å². The summed E-state index contributed by atoms with van der Waals surface area (Å²) in [5, 5.41) is 11.4. The zero-order valence-electron chi connectivity index (χ0n) is 20.7. The molecule has 1 aromatic heterocycles. The number of aromatic nitrogens is 1. The molecule has 4 rings (SSSR count). The second kappa shape index (κ2) is 10.6. The van der Waals surface area contributed by atoms with Gasteiger partial charge in [-0.2, -0.15) is 0 Å². The number of benzene rings is 2. The van der Waals surface area contributed by atoms with Gasteiger partial charge >= 0.3 is 5.97 Å². The number of ether oxygens (including phenoxy) is 2. The molecular weight excluding hydrogens is 428 g/mol. The lowest BCUT2D eigenvalue weighted by Crippen LogP contribution is -2.43. The van der Waals surface area contributed by atoms with Crippen molar-refractivity contribution in [2.75, 3.05) is 26.3 Å². The van der Waals surface area contributed by atoms with Gasteiger partial charge in [-0.1, -0.05) is 24.1 Å². The first-order valence-electron chi connectivity index (χ1n) is 12.3. The van der Waals surface area contributed by atoms with Crippen LogP contribution in [0.1, 0.15) is 54.7 Å². The predicted molar refractivity (Wildman–Crippen MR) is 135 cm³/mol. The van der Waals surface area contributed by atoms with Gasteiger partial charge in [0.15, 0.2) is 0 Å². The zero-order chi connectivity index (χ0) is 24.2. The third-order valence-electron chi connectivity index (χ3n) is 6.78. The highest BCUT2D eigenvalue weighted by Gasteiger charge is 2.23. The SMILES string of the molecule is CCOC(=O)c1c(C)n(-c2ccc(C)cc2)c2ccc(OC[C@H](O)CN3CCCC[C@@H]3C)cc12. The molecule has 0 spiro atoms. The van der Waals surface area contributed by atoms with Crippen LogP contribution in [0.4, 0.5) is 0 Å². The molecule has 3 aromatic rings. The first kappa shape index (κ1) is 24.3. The number of aryl methyl sites for hydroxylation is 1. The fourth-order valence-electron chi connectivity index (χ4n) is 4.92. The van der Waals surface area contributed by atoms with Crippen LogP contribution < -0.4 is 4.74 Å². The zero-order valence-corrected chi connectivity index (χ0v) is 20.7. The average molecular weight is 465 g/mol. The second-order valence-electron chi connectivity index (χ2n) is 9.34. The molecule has 6 nitrogen and oxygen atoms in total. The topological polar surface area (TPSA) is 63.9 Å². The maximum Gasteiger partial charge on any atom is 0.340 e. The highest BCUT2D eigenvalue weighted by atomic mass is 16.5. The molecule has 0 bridgehead atoms. The summed E-state index contributed by atoms with van der Waals surface area (Å²) in [5.74, 6) is 0.289. The lowest BCUT2D eigenvalue weighted by Gasteiger charge is -2.34. The van der Waals surface area contributed by atoms with Gasteiger partial charge in [0.05, 0.1) is 17.7 Å². The Balaban J connectivity index is 1.60. The first-order valence-corrected chi connectivity index (χ1v) is 12.3. The van der Waals surface area contributed by atoms with Gasteiger partial charge in [-0.25, -0.2) is 4.79 Å². The van der Waals surface area contributed by atoms with Crippen LogP contribution in [-0.2, 0) is 4.74 Å². The van der Waals surface area contributed by atoms with E-state index in [-0.39, 0.29) is 12.6 Å². The van der Waals surface area contributed by atoms with Gasteiger partial charge in [0, 0.05) is 29.4 Å². The Hall–Kier alpha value is -2.83. The largest absolute Gasteiger partial charge is 0.491 e. The van der Waals surface area contributed by atoms with E-state index in [0.29, 0.717) is 30.5 Å². The van der Waals surface area contributed by atoms with Crippen LogP contribution in [-0.4, -0.2) is 59.0 Å². The van der Waals surface area contributed by atoms with Gasteiger partial charge in [-0.05, 0) is 77.4 Å². The number of likely N-dealkylation sites (tertiary alicyclic amines) is 1. The van der Waals surface area contributed by atoms with Crippen LogP contribution in [0, 0.1) is 13.8 Å². The molecule has 1 saturated heterocycles. The maximum atomic E-state index is 12.9. The van der Waals surface area contributed by atoms with Gasteiger partial charge in [0.1, 0.15) is 18.5 Å². The summed E-state index contributed by atoms with van der Waals surface area (Å²) in [5.41, 5.74) is 4.46. The molecule has 182 valence electrons. The normalized spacial score (nSPS) is 17.6. The summed E-state index contributed by atoms with van der Waals surface area (Å²) in [6.45, 7) is 10.2. The molecule has 0 aliphatic carbocycles. The summed E-state index contributed by atoms with van der Waals surface area (Å²) in [7, 11) is 0. The molecule has 1 N–H and O–H groups in total. The molecule has 1 aliphatic rings. The summed E-state index contributed by atoms with van der Waals surface area (Å²) < 4.78 is 13.4. The van der Waals surface area contributed by atoms with Crippen molar-refractivity contribution >= 4 is 16.9 Å². The Morgan fingerprint density at radius 1 is 1.15 bits per heavy atom. The van der Waals surface area contributed by atoms with Crippen LogP contribution in [0.2, 0.25) is 0 Å². The molecule has 34 heavy (non-hydrogen) atoms. The van der Waals surface area contributed by atoms with Gasteiger partial charge in [0.25, 0.3) is 0 Å². The van der Waals surface area contributed by atoms with E-state index in [1.165, 1.54) is 24.8 Å². The molecule has 0 saturated carbocycles. The molecule has 1 fully saturated rings. The Kier molecular flexibility index (Phi) is 7.59. The van der Waals surface area contributed by atoms with Gasteiger partial charge in [-0.15, -0.1) is 0 Å². The molecular formula is C28H36N2O4. The Labute approximate surface area is 202 Å². The molecule has 0 amide bonds. The number of esters is 1. The number of nitrogens with zero attached hydrogens (tertiary/aromatic N) is 2. The molecule has 0 unspecified atom stereocenters. The quantitative estimate of drug-likeness (QED) is 0.473. The van der Waals surface area contributed by atoms with E-state index in [0.717, 1.165) is 28.8 Å². The van der Waals surface area contributed by atoms with E-state index in [4.69, 9.17) is 9.47 Å². The summed E-state index contributed by atoms with van der Waals surface area (Å²) in [6, 6.07) is 14.5. The smallest absolute Gasteiger partial charge is 0.340 e. The minimum absolute atomic E-state index is 0.209. The summed E-state index contributed by atoms with van der Waals surface area (Å²) in [6.07, 6.45) is 3.05. The van der Waals surface area contributed by atoms with E-state index >= 15 is 0 Å². The molecule has 2 atom stereocenters. The van der Waals surface area contributed by atoms with Crippen LogP contribution >= 0.6 is 0 Å². The van der Waals surface area contributed by atoms with E-state index in [9.17, 15) is 9.90 Å². The van der Waals surface area contributed by atoms with Gasteiger partial charge in [-0.3, -0.25) is 4.90 Å². The molecule has 1 aliphatic heterocycles. The minimum Gasteiger partial charge on any atom is -0.491 e. The predicted octanol–water partition coefficient (Wildman–Crippen LogP) is 5.04. The van der Waals surface area contributed by atoms with Crippen LogP contribution in [0.5, 0.6) is 5.75 Å². The van der Waals surface area contributed by atoms with Crippen molar-refractivity contribution in [1.82, 2.24) is 9.47 Å². The Morgan fingerprint density at radius 2 is 1.91 bits per heavy atom. The van der Waals surface area contributed by atoms with Crippen molar-refractivity contribution in [3.05, 3.63) is 59.3 Å². The van der Waals surface area contributed by atoms with E-state index in [2.05, 4.69) is 47.6 Å². The number of fused-ring (bicyclic) bond motifs is 1. The fraction of sp³-hybridized carbons (Fsp3) is 0.464. The van der Waals surface area contributed by atoms with Crippen LogP contribution in [0.15, 0.2) is 42.5 Å². The number of rotatable bonds is 8. The summed E-state index contributed by atoms with van der Waals surface area (Å²) in [4.78, 5) is 15.2. The van der Waals surface area contributed by atoms with Crippen molar-refractivity contribution in [3.8, 4) is 11.4 Å². The van der Waals surface area contributed by atoms with Crippen molar-refractivity contribution in [2.45, 2.75) is 59.1 Å². The minimum atomic E-state index is -0.570. The number of hydrogen-bond donors (Lipinski definition) is 1. The highest BCUT2D eigenvalue weighted by Crippen LogP contribution is 2.33. The van der Waals surface area contributed by atoms with Crippen LogP contribution in [0.3, 0.4) is 0 Å². The highest BCUT2D eigenvalue weighted by molar-refractivity contribution is 6.07. The number of aliphatic hydroxyl groups excluding tert-OH is 1. The Morgan fingerprint density at radius 3 is 2.62 bits per heavy atom.